The maximum Gasteiger partial charge on any atom is 0.261 e. The number of carbonyl (C=O) groups is 1. The van der Waals surface area contributed by atoms with Crippen LogP contribution in [0.3, 0.4) is 0 Å². The lowest BCUT2D eigenvalue weighted by molar-refractivity contribution is 0.0937. The van der Waals surface area contributed by atoms with Gasteiger partial charge in [0.1, 0.15) is 0 Å². The molecule has 1 N–H and O–H groups in total. The monoisotopic (exact) mass is 402 g/mol. The van der Waals surface area contributed by atoms with Crippen LogP contribution in [-0.4, -0.2) is 10.5 Å². The van der Waals surface area contributed by atoms with Gasteiger partial charge in [0.25, 0.3) is 11.5 Å². The summed E-state index contributed by atoms with van der Waals surface area (Å²) in [5.74, 6) is -0.0977. The van der Waals surface area contributed by atoms with Gasteiger partial charge in [0.2, 0.25) is 0 Å². The van der Waals surface area contributed by atoms with Gasteiger partial charge in [-0.3, -0.25) is 9.59 Å². The summed E-state index contributed by atoms with van der Waals surface area (Å²) in [7, 11) is 0. The molecule has 2 aromatic carbocycles. The minimum absolute atomic E-state index is 0.0282. The standard InChI is InChI=1S/C24H22N2O2S/c1-2-26-20-13-6-5-11-17(20)22-18(24(26)28)14-21(29-22)23(27)25-19-12-7-9-15-8-3-4-10-16(15)19/h3-6,8,10-11,13-14,19H,2,7,9,12H2,1H3,(H,25,27). The first kappa shape index (κ1) is 18.1. The molecule has 4 nitrogen and oxygen atoms in total. The van der Waals surface area contributed by atoms with E-state index in [-0.39, 0.29) is 17.5 Å². The number of nitrogens with zero attached hydrogens (tertiary/aromatic N) is 1. The molecule has 1 unspecified atom stereocenters. The number of rotatable bonds is 3. The van der Waals surface area contributed by atoms with Gasteiger partial charge in [-0.2, -0.15) is 0 Å². The van der Waals surface area contributed by atoms with Crippen LogP contribution < -0.4 is 10.9 Å². The molecule has 1 aliphatic carbocycles. The first-order valence-corrected chi connectivity index (χ1v) is 10.9. The van der Waals surface area contributed by atoms with E-state index in [1.807, 2.05) is 37.3 Å². The highest BCUT2D eigenvalue weighted by atomic mass is 32.1. The van der Waals surface area contributed by atoms with E-state index in [0.717, 1.165) is 34.9 Å². The average Bonchev–Trinajstić information content (AvgIpc) is 3.21. The number of carbonyl (C=O) groups excluding carboxylic acids is 1. The maximum absolute atomic E-state index is 13.1. The van der Waals surface area contributed by atoms with Crippen LogP contribution in [-0.2, 0) is 13.0 Å². The Morgan fingerprint density at radius 3 is 2.79 bits per heavy atom. The van der Waals surface area contributed by atoms with E-state index in [4.69, 9.17) is 0 Å². The van der Waals surface area contributed by atoms with Crippen LogP contribution in [0.25, 0.3) is 21.0 Å². The summed E-state index contributed by atoms with van der Waals surface area (Å²) in [6, 6.07) is 18.1. The number of para-hydroxylation sites is 1. The van der Waals surface area contributed by atoms with Crippen molar-refractivity contribution in [2.75, 3.05) is 0 Å². The predicted octanol–water partition coefficient (Wildman–Crippen LogP) is 5.04. The SMILES string of the molecule is CCn1c(=O)c2cc(C(=O)NC3CCCc4ccccc43)sc2c2ccccc21. The van der Waals surface area contributed by atoms with Crippen LogP contribution >= 0.6 is 11.3 Å². The number of pyridine rings is 1. The van der Waals surface area contributed by atoms with Crippen LogP contribution in [0.1, 0.15) is 46.6 Å². The van der Waals surface area contributed by atoms with Gasteiger partial charge < -0.3 is 9.88 Å². The van der Waals surface area contributed by atoms with E-state index in [2.05, 4.69) is 23.5 Å². The maximum atomic E-state index is 13.1. The zero-order valence-electron chi connectivity index (χ0n) is 16.3. The molecule has 1 aliphatic rings. The summed E-state index contributed by atoms with van der Waals surface area (Å²) >= 11 is 1.41. The van der Waals surface area contributed by atoms with Crippen molar-refractivity contribution in [1.82, 2.24) is 9.88 Å². The van der Waals surface area contributed by atoms with Gasteiger partial charge in [-0.25, -0.2) is 0 Å². The van der Waals surface area contributed by atoms with Crippen LogP contribution in [0.4, 0.5) is 0 Å². The first-order valence-electron chi connectivity index (χ1n) is 10.1. The van der Waals surface area contributed by atoms with Crippen molar-refractivity contribution in [3.63, 3.8) is 0 Å². The summed E-state index contributed by atoms with van der Waals surface area (Å²) < 4.78 is 2.67. The molecule has 146 valence electrons. The molecule has 1 amide bonds. The Labute approximate surface area is 172 Å². The van der Waals surface area contributed by atoms with Crippen LogP contribution in [0.15, 0.2) is 59.4 Å². The molecule has 5 heteroatoms. The number of hydrogen-bond donors (Lipinski definition) is 1. The molecule has 0 spiro atoms. The second-order valence-electron chi connectivity index (χ2n) is 7.54. The lowest BCUT2D eigenvalue weighted by Crippen LogP contribution is -2.30. The van der Waals surface area contributed by atoms with Crippen molar-refractivity contribution in [1.29, 1.82) is 0 Å². The summed E-state index contributed by atoms with van der Waals surface area (Å²) in [4.78, 5) is 26.7. The highest BCUT2D eigenvalue weighted by molar-refractivity contribution is 7.21. The van der Waals surface area contributed by atoms with E-state index < -0.39 is 0 Å². The van der Waals surface area contributed by atoms with E-state index in [9.17, 15) is 9.59 Å². The fourth-order valence-corrected chi connectivity index (χ4v) is 5.55. The number of nitrogens with one attached hydrogen (secondary N) is 1. The second-order valence-corrected chi connectivity index (χ2v) is 8.59. The molecule has 0 saturated heterocycles. The largest absolute Gasteiger partial charge is 0.345 e. The summed E-state index contributed by atoms with van der Waals surface area (Å²) in [5, 5.41) is 4.86. The highest BCUT2D eigenvalue weighted by Gasteiger charge is 2.23. The van der Waals surface area contributed by atoms with Gasteiger partial charge in [0, 0.05) is 16.6 Å². The Balaban J connectivity index is 1.56. The number of benzene rings is 2. The third-order valence-electron chi connectivity index (χ3n) is 5.86. The Hall–Kier alpha value is -2.92. The molecule has 29 heavy (non-hydrogen) atoms. The minimum Gasteiger partial charge on any atom is -0.345 e. The summed E-state index contributed by atoms with van der Waals surface area (Å²) in [6.07, 6.45) is 3.08. The molecule has 1 atom stereocenters. The fourth-order valence-electron chi connectivity index (χ4n) is 4.46. The second kappa shape index (κ2) is 7.16. The molecular weight excluding hydrogens is 380 g/mol. The Morgan fingerprint density at radius 1 is 1.14 bits per heavy atom. The van der Waals surface area contributed by atoms with E-state index in [1.54, 1.807) is 10.6 Å². The third kappa shape index (κ3) is 2.97. The predicted molar refractivity (Wildman–Crippen MR) is 119 cm³/mol. The Morgan fingerprint density at radius 2 is 1.93 bits per heavy atom. The lowest BCUT2D eigenvalue weighted by atomic mass is 9.88. The third-order valence-corrected chi connectivity index (χ3v) is 7.03. The van der Waals surface area contributed by atoms with Crippen LogP contribution in [0.5, 0.6) is 0 Å². The molecule has 5 rings (SSSR count). The van der Waals surface area contributed by atoms with Crippen molar-refractivity contribution >= 4 is 38.2 Å². The fraction of sp³-hybridized carbons (Fsp3) is 0.250. The van der Waals surface area contributed by atoms with Gasteiger partial charge in [0.15, 0.2) is 0 Å². The van der Waals surface area contributed by atoms with Gasteiger partial charge in [-0.1, -0.05) is 42.5 Å². The summed E-state index contributed by atoms with van der Waals surface area (Å²) in [6.45, 7) is 2.58. The summed E-state index contributed by atoms with van der Waals surface area (Å²) in [5.41, 5.74) is 3.42. The number of hydrogen-bond acceptors (Lipinski definition) is 3. The van der Waals surface area contributed by atoms with E-state index in [1.165, 1.54) is 22.5 Å². The molecule has 0 bridgehead atoms. The van der Waals surface area contributed by atoms with Crippen LogP contribution in [0, 0.1) is 0 Å². The van der Waals surface area contributed by atoms with Crippen molar-refractivity contribution in [3.05, 3.63) is 81.0 Å². The molecular formula is C24H22N2O2S. The number of aryl methyl sites for hydroxylation is 2. The van der Waals surface area contributed by atoms with Crippen molar-refractivity contribution in [2.45, 2.75) is 38.8 Å². The Bertz CT molecular complexity index is 1300. The van der Waals surface area contributed by atoms with Gasteiger partial charge >= 0.3 is 0 Å². The number of amides is 1. The van der Waals surface area contributed by atoms with Crippen LogP contribution in [0.2, 0.25) is 0 Å². The quantitative estimate of drug-likeness (QED) is 0.522. The van der Waals surface area contributed by atoms with E-state index in [0.29, 0.717) is 16.8 Å². The molecule has 4 aromatic rings. The Kier molecular flexibility index (Phi) is 4.47. The average molecular weight is 403 g/mol. The van der Waals surface area contributed by atoms with Crippen molar-refractivity contribution < 1.29 is 4.79 Å². The van der Waals surface area contributed by atoms with Crippen molar-refractivity contribution in [2.24, 2.45) is 0 Å². The molecule has 0 saturated carbocycles. The highest BCUT2D eigenvalue weighted by Crippen LogP contribution is 2.33. The molecule has 0 radical (unpaired) electrons. The van der Waals surface area contributed by atoms with Gasteiger partial charge in [0.05, 0.1) is 21.8 Å². The lowest BCUT2D eigenvalue weighted by Gasteiger charge is -2.26. The van der Waals surface area contributed by atoms with E-state index >= 15 is 0 Å². The molecule has 0 aliphatic heterocycles. The van der Waals surface area contributed by atoms with Gasteiger partial charge in [-0.05, 0) is 49.4 Å². The molecule has 0 fully saturated rings. The zero-order valence-corrected chi connectivity index (χ0v) is 17.1. The molecule has 2 aromatic heterocycles. The normalized spacial score (nSPS) is 16.1. The number of thiophene rings is 1. The number of aromatic nitrogens is 1. The number of fused-ring (bicyclic) bond motifs is 4. The van der Waals surface area contributed by atoms with Gasteiger partial charge in [-0.15, -0.1) is 11.3 Å². The minimum atomic E-state index is -0.0977. The zero-order chi connectivity index (χ0) is 20.0. The first-order chi connectivity index (χ1) is 14.2. The smallest absolute Gasteiger partial charge is 0.261 e. The van der Waals surface area contributed by atoms with Crippen molar-refractivity contribution in [3.8, 4) is 0 Å². The molecule has 2 heterocycles. The topological polar surface area (TPSA) is 51.1 Å².